The van der Waals surface area contributed by atoms with Crippen molar-refractivity contribution in [3.63, 3.8) is 0 Å². The minimum absolute atomic E-state index is 0. The molecule has 0 aromatic rings. The highest BCUT2D eigenvalue weighted by atomic mass is 35.5. The summed E-state index contributed by atoms with van der Waals surface area (Å²) in [5.41, 5.74) is 0. The van der Waals surface area contributed by atoms with Gasteiger partial charge in [0, 0.05) is 6.04 Å². The maximum atomic E-state index is 12.5. The Morgan fingerprint density at radius 3 is 2.20 bits per heavy atom. The van der Waals surface area contributed by atoms with Gasteiger partial charge in [-0.3, -0.25) is 4.79 Å². The van der Waals surface area contributed by atoms with E-state index in [4.69, 9.17) is 0 Å². The number of hydrogen-bond donors (Lipinski definition) is 2. The van der Waals surface area contributed by atoms with Gasteiger partial charge in [0.15, 0.2) is 0 Å². The van der Waals surface area contributed by atoms with Crippen molar-refractivity contribution in [1.82, 2.24) is 10.6 Å². The van der Waals surface area contributed by atoms with Crippen molar-refractivity contribution in [2.45, 2.75) is 63.2 Å². The van der Waals surface area contributed by atoms with E-state index in [1.54, 1.807) is 0 Å². The van der Waals surface area contributed by atoms with Crippen LogP contribution in [0.25, 0.3) is 0 Å². The van der Waals surface area contributed by atoms with E-state index in [9.17, 15) is 18.0 Å². The molecule has 1 saturated heterocycles. The number of amides is 1. The summed E-state index contributed by atoms with van der Waals surface area (Å²) in [5, 5.41) is 6.04. The molecule has 7 heteroatoms. The number of nitrogens with one attached hydrogen (secondary N) is 2. The maximum absolute atomic E-state index is 12.5. The molecule has 1 aliphatic carbocycles. The Balaban J connectivity index is 0.00000200. The molecule has 1 heterocycles. The van der Waals surface area contributed by atoms with E-state index in [1.165, 1.54) is 0 Å². The molecule has 3 nitrogen and oxygen atoms in total. The molecule has 0 radical (unpaired) electrons. The summed E-state index contributed by atoms with van der Waals surface area (Å²) >= 11 is 0. The average molecular weight is 315 g/mol. The lowest BCUT2D eigenvalue weighted by atomic mass is 9.85. The van der Waals surface area contributed by atoms with Crippen LogP contribution >= 0.6 is 12.4 Å². The van der Waals surface area contributed by atoms with Crippen molar-refractivity contribution in [2.75, 3.05) is 6.54 Å². The summed E-state index contributed by atoms with van der Waals surface area (Å²) in [6.45, 7) is 0.846. The van der Waals surface area contributed by atoms with Crippen LogP contribution in [0.2, 0.25) is 0 Å². The second-order valence-electron chi connectivity index (χ2n) is 5.60. The van der Waals surface area contributed by atoms with E-state index in [1.807, 2.05) is 0 Å². The Hall–Kier alpha value is -0.490. The summed E-state index contributed by atoms with van der Waals surface area (Å²) in [6.07, 6.45) is -0.0135. The number of halogens is 4. The van der Waals surface area contributed by atoms with Gasteiger partial charge in [0.05, 0.1) is 12.0 Å². The zero-order valence-electron chi connectivity index (χ0n) is 11.3. The molecule has 1 saturated carbocycles. The second kappa shape index (κ2) is 7.50. The van der Waals surface area contributed by atoms with E-state index in [2.05, 4.69) is 10.6 Å². The number of carbonyl (C=O) groups is 1. The lowest BCUT2D eigenvalue weighted by molar-refractivity contribution is -0.182. The third kappa shape index (κ3) is 4.81. The van der Waals surface area contributed by atoms with Gasteiger partial charge in [-0.2, -0.15) is 13.2 Å². The van der Waals surface area contributed by atoms with E-state index >= 15 is 0 Å². The Morgan fingerprint density at radius 1 is 1.05 bits per heavy atom. The van der Waals surface area contributed by atoms with Crippen molar-refractivity contribution >= 4 is 18.3 Å². The SMILES string of the molecule is Cl.O=C(NC1CCC(C(F)(F)F)CC1)[C@@H]1CCCCN1. The van der Waals surface area contributed by atoms with E-state index in [-0.39, 0.29) is 43.2 Å². The fourth-order valence-electron chi connectivity index (χ4n) is 2.94. The molecule has 0 bridgehead atoms. The van der Waals surface area contributed by atoms with E-state index in [0.29, 0.717) is 12.8 Å². The van der Waals surface area contributed by atoms with Gasteiger partial charge in [-0.05, 0) is 45.1 Å². The number of rotatable bonds is 2. The highest BCUT2D eigenvalue weighted by molar-refractivity contribution is 5.85. The van der Waals surface area contributed by atoms with Crippen LogP contribution in [0, 0.1) is 5.92 Å². The third-order valence-electron chi connectivity index (χ3n) is 4.16. The van der Waals surface area contributed by atoms with Crippen molar-refractivity contribution in [1.29, 1.82) is 0 Å². The van der Waals surface area contributed by atoms with Gasteiger partial charge in [0.2, 0.25) is 5.91 Å². The van der Waals surface area contributed by atoms with E-state index in [0.717, 1.165) is 25.8 Å². The van der Waals surface area contributed by atoms with Crippen LogP contribution in [-0.2, 0) is 4.79 Å². The van der Waals surface area contributed by atoms with Crippen molar-refractivity contribution in [3.05, 3.63) is 0 Å². The highest BCUT2D eigenvalue weighted by Crippen LogP contribution is 2.37. The van der Waals surface area contributed by atoms with Crippen LogP contribution in [0.4, 0.5) is 13.2 Å². The normalized spacial score (nSPS) is 31.2. The standard InChI is InChI=1S/C13H21F3N2O.ClH/c14-13(15,16)9-4-6-10(7-5-9)18-12(19)11-3-1-2-8-17-11;/h9-11,17H,1-8H2,(H,18,19);1H/t9?,10?,11-;/m0./s1. The number of piperidine rings is 1. The van der Waals surface area contributed by atoms with Gasteiger partial charge in [-0.25, -0.2) is 0 Å². The minimum atomic E-state index is -4.08. The molecule has 1 aliphatic heterocycles. The quantitative estimate of drug-likeness (QED) is 0.823. The van der Waals surface area contributed by atoms with Gasteiger partial charge in [-0.15, -0.1) is 12.4 Å². The smallest absolute Gasteiger partial charge is 0.352 e. The van der Waals surface area contributed by atoms with Gasteiger partial charge in [0.1, 0.15) is 0 Å². The number of hydrogen-bond acceptors (Lipinski definition) is 2. The zero-order chi connectivity index (χ0) is 13.9. The van der Waals surface area contributed by atoms with Crippen LogP contribution < -0.4 is 10.6 Å². The van der Waals surface area contributed by atoms with Gasteiger partial charge >= 0.3 is 6.18 Å². The summed E-state index contributed by atoms with van der Waals surface area (Å²) in [6, 6.07) is -0.246. The first-order chi connectivity index (χ1) is 8.97. The molecule has 1 amide bonds. The second-order valence-corrected chi connectivity index (χ2v) is 5.60. The molecule has 118 valence electrons. The van der Waals surface area contributed by atoms with Gasteiger partial charge in [0.25, 0.3) is 0 Å². The van der Waals surface area contributed by atoms with Gasteiger partial charge < -0.3 is 10.6 Å². The van der Waals surface area contributed by atoms with Crippen LogP contribution in [0.3, 0.4) is 0 Å². The molecule has 2 rings (SSSR count). The molecule has 0 unspecified atom stereocenters. The predicted molar refractivity (Wildman–Crippen MR) is 72.8 cm³/mol. The van der Waals surface area contributed by atoms with E-state index < -0.39 is 12.1 Å². The van der Waals surface area contributed by atoms with Crippen LogP contribution in [-0.4, -0.2) is 30.7 Å². The third-order valence-corrected chi connectivity index (χ3v) is 4.16. The van der Waals surface area contributed by atoms with Crippen LogP contribution in [0.1, 0.15) is 44.9 Å². The molecule has 0 aromatic carbocycles. The molecule has 1 atom stereocenters. The highest BCUT2D eigenvalue weighted by Gasteiger charge is 2.41. The Bertz CT molecular complexity index is 311. The summed E-state index contributed by atoms with van der Waals surface area (Å²) in [5.74, 6) is -1.23. The fourth-order valence-corrected chi connectivity index (χ4v) is 2.94. The first kappa shape index (κ1) is 17.6. The summed E-state index contributed by atoms with van der Waals surface area (Å²) < 4.78 is 37.6. The molecule has 20 heavy (non-hydrogen) atoms. The number of carbonyl (C=O) groups excluding carboxylic acids is 1. The minimum Gasteiger partial charge on any atom is -0.352 e. The first-order valence-electron chi connectivity index (χ1n) is 7.07. The Labute approximate surface area is 123 Å². The fraction of sp³-hybridized carbons (Fsp3) is 0.923. The zero-order valence-corrected chi connectivity index (χ0v) is 12.2. The van der Waals surface area contributed by atoms with Crippen molar-refractivity contribution in [2.24, 2.45) is 5.92 Å². The van der Waals surface area contributed by atoms with Crippen LogP contribution in [0.5, 0.6) is 0 Å². The lowest BCUT2D eigenvalue weighted by Gasteiger charge is -2.32. The molecular weight excluding hydrogens is 293 g/mol. The largest absolute Gasteiger partial charge is 0.391 e. The lowest BCUT2D eigenvalue weighted by Crippen LogP contribution is -2.50. The topological polar surface area (TPSA) is 41.1 Å². The molecule has 2 aliphatic rings. The average Bonchev–Trinajstić information content (AvgIpc) is 2.39. The Kier molecular flexibility index (Phi) is 6.58. The monoisotopic (exact) mass is 314 g/mol. The Morgan fingerprint density at radius 2 is 1.70 bits per heavy atom. The molecule has 2 fully saturated rings. The molecule has 0 aromatic heterocycles. The molecule has 2 N–H and O–H groups in total. The van der Waals surface area contributed by atoms with Gasteiger partial charge in [-0.1, -0.05) is 6.42 Å². The van der Waals surface area contributed by atoms with Crippen molar-refractivity contribution < 1.29 is 18.0 Å². The summed E-state index contributed by atoms with van der Waals surface area (Å²) in [4.78, 5) is 11.9. The van der Waals surface area contributed by atoms with Crippen molar-refractivity contribution in [3.8, 4) is 0 Å². The first-order valence-corrected chi connectivity index (χ1v) is 7.07. The molecule has 0 spiro atoms. The molecular formula is C13H22ClF3N2O. The summed E-state index contributed by atoms with van der Waals surface area (Å²) in [7, 11) is 0. The maximum Gasteiger partial charge on any atom is 0.391 e. The van der Waals surface area contributed by atoms with Crippen LogP contribution in [0.15, 0.2) is 0 Å². The predicted octanol–water partition coefficient (Wildman–Crippen LogP) is 2.79. The number of alkyl halides is 3.